The zero-order valence-corrected chi connectivity index (χ0v) is 8.91. The molecule has 0 spiro atoms. The number of aryl methyl sites for hydroxylation is 1. The van der Waals surface area contributed by atoms with Crippen LogP contribution in [-0.4, -0.2) is 4.98 Å². The molecule has 0 radical (unpaired) electrons. The Balaban J connectivity index is 2.37. The van der Waals surface area contributed by atoms with Crippen LogP contribution in [0.15, 0.2) is 28.2 Å². The lowest BCUT2D eigenvalue weighted by Gasteiger charge is -1.90. The number of thiazole rings is 1. The molecule has 2 aromatic heterocycles. The molecule has 4 heteroatoms. The van der Waals surface area contributed by atoms with E-state index in [0.29, 0.717) is 11.3 Å². The highest BCUT2D eigenvalue weighted by Crippen LogP contribution is 2.21. The lowest BCUT2D eigenvalue weighted by molar-refractivity contribution is 0.557. The standard InChI is InChI=1S/C11H8N2OS/c1-8-7-15-11(13-8)9(6-12)5-10-3-2-4-14-10/h2-5,7H,1H3. The van der Waals surface area contributed by atoms with Gasteiger partial charge in [-0.1, -0.05) is 0 Å². The first-order valence-electron chi connectivity index (χ1n) is 4.37. The summed E-state index contributed by atoms with van der Waals surface area (Å²) in [6, 6.07) is 5.71. The largest absolute Gasteiger partial charge is 0.465 e. The van der Waals surface area contributed by atoms with Crippen LogP contribution in [0.2, 0.25) is 0 Å². The Hall–Kier alpha value is -1.86. The van der Waals surface area contributed by atoms with E-state index in [0.717, 1.165) is 10.7 Å². The van der Waals surface area contributed by atoms with Crippen molar-refractivity contribution in [3.8, 4) is 6.07 Å². The summed E-state index contributed by atoms with van der Waals surface area (Å²) in [5.41, 5.74) is 1.46. The zero-order chi connectivity index (χ0) is 10.7. The summed E-state index contributed by atoms with van der Waals surface area (Å²) < 4.78 is 5.14. The average molecular weight is 216 g/mol. The van der Waals surface area contributed by atoms with Crippen molar-refractivity contribution in [2.24, 2.45) is 0 Å². The van der Waals surface area contributed by atoms with E-state index in [1.165, 1.54) is 11.3 Å². The summed E-state index contributed by atoms with van der Waals surface area (Å²) >= 11 is 1.46. The smallest absolute Gasteiger partial charge is 0.134 e. The number of nitrogens with zero attached hydrogens (tertiary/aromatic N) is 2. The molecule has 0 aliphatic rings. The van der Waals surface area contributed by atoms with Gasteiger partial charge >= 0.3 is 0 Å². The Morgan fingerprint density at radius 2 is 2.53 bits per heavy atom. The van der Waals surface area contributed by atoms with Crippen LogP contribution in [0.1, 0.15) is 16.5 Å². The molecule has 2 rings (SSSR count). The molecule has 0 saturated heterocycles. The van der Waals surface area contributed by atoms with Gasteiger partial charge in [-0.3, -0.25) is 0 Å². The van der Waals surface area contributed by atoms with Crippen molar-refractivity contribution < 1.29 is 4.42 Å². The number of furan rings is 1. The topological polar surface area (TPSA) is 49.8 Å². The van der Waals surface area contributed by atoms with Crippen molar-refractivity contribution in [3.63, 3.8) is 0 Å². The van der Waals surface area contributed by atoms with Gasteiger partial charge in [0.05, 0.1) is 11.8 Å². The van der Waals surface area contributed by atoms with Crippen molar-refractivity contribution in [2.45, 2.75) is 6.92 Å². The highest BCUT2D eigenvalue weighted by atomic mass is 32.1. The van der Waals surface area contributed by atoms with Crippen LogP contribution >= 0.6 is 11.3 Å². The fraction of sp³-hybridized carbons (Fsp3) is 0.0909. The van der Waals surface area contributed by atoms with Crippen LogP contribution in [0.3, 0.4) is 0 Å². The maximum absolute atomic E-state index is 8.99. The number of allylic oxidation sites excluding steroid dienone is 1. The third-order valence-corrected chi connectivity index (χ3v) is 2.79. The summed E-state index contributed by atoms with van der Waals surface area (Å²) in [5, 5.41) is 11.6. The molecule has 0 N–H and O–H groups in total. The molecule has 0 fully saturated rings. The van der Waals surface area contributed by atoms with Crippen LogP contribution < -0.4 is 0 Å². The van der Waals surface area contributed by atoms with Crippen LogP contribution in [0, 0.1) is 18.3 Å². The lowest BCUT2D eigenvalue weighted by Crippen LogP contribution is -1.80. The van der Waals surface area contributed by atoms with Crippen LogP contribution in [0.4, 0.5) is 0 Å². The minimum Gasteiger partial charge on any atom is -0.465 e. The second-order valence-corrected chi connectivity index (χ2v) is 3.84. The molecule has 74 valence electrons. The Morgan fingerprint density at radius 1 is 1.67 bits per heavy atom. The number of nitriles is 1. The predicted octanol–water partition coefficient (Wildman–Crippen LogP) is 3.11. The first-order chi connectivity index (χ1) is 7.29. The molecule has 0 amide bonds. The monoisotopic (exact) mass is 216 g/mol. The molecule has 0 unspecified atom stereocenters. The van der Waals surface area contributed by atoms with Gasteiger partial charge in [-0.2, -0.15) is 5.26 Å². The summed E-state index contributed by atoms with van der Waals surface area (Å²) in [4.78, 5) is 4.25. The Labute approximate surface area is 91.3 Å². The Morgan fingerprint density at radius 3 is 3.07 bits per heavy atom. The predicted molar refractivity (Wildman–Crippen MR) is 59.0 cm³/mol. The summed E-state index contributed by atoms with van der Waals surface area (Å²) in [6.45, 7) is 1.90. The molecule has 0 aliphatic carbocycles. The average Bonchev–Trinajstić information content (AvgIpc) is 2.85. The van der Waals surface area contributed by atoms with E-state index < -0.39 is 0 Å². The lowest BCUT2D eigenvalue weighted by atomic mass is 10.2. The number of rotatable bonds is 2. The van der Waals surface area contributed by atoms with Crippen molar-refractivity contribution in [1.29, 1.82) is 5.26 Å². The molecule has 0 aromatic carbocycles. The summed E-state index contributed by atoms with van der Waals surface area (Å²) in [6.07, 6.45) is 3.27. The Kier molecular flexibility index (Phi) is 2.66. The third kappa shape index (κ3) is 2.14. The maximum Gasteiger partial charge on any atom is 0.134 e. The molecule has 2 aromatic rings. The van der Waals surface area contributed by atoms with Gasteiger partial charge in [-0.25, -0.2) is 4.98 Å². The molecule has 0 bridgehead atoms. The third-order valence-electron chi connectivity index (χ3n) is 1.80. The second kappa shape index (κ2) is 4.11. The summed E-state index contributed by atoms with van der Waals surface area (Å²) in [5.74, 6) is 0.666. The zero-order valence-electron chi connectivity index (χ0n) is 8.10. The van der Waals surface area contributed by atoms with Gasteiger partial charge in [0.15, 0.2) is 0 Å². The van der Waals surface area contributed by atoms with E-state index in [4.69, 9.17) is 9.68 Å². The molecule has 0 atom stereocenters. The molecule has 2 heterocycles. The van der Waals surface area contributed by atoms with Gasteiger partial charge in [0.2, 0.25) is 0 Å². The van der Waals surface area contributed by atoms with Crippen LogP contribution in [-0.2, 0) is 0 Å². The first-order valence-corrected chi connectivity index (χ1v) is 5.25. The van der Waals surface area contributed by atoms with E-state index in [-0.39, 0.29) is 0 Å². The van der Waals surface area contributed by atoms with Crippen molar-refractivity contribution >= 4 is 23.0 Å². The van der Waals surface area contributed by atoms with Crippen molar-refractivity contribution in [1.82, 2.24) is 4.98 Å². The van der Waals surface area contributed by atoms with Gasteiger partial charge in [0.25, 0.3) is 0 Å². The molecule has 15 heavy (non-hydrogen) atoms. The van der Waals surface area contributed by atoms with E-state index in [9.17, 15) is 0 Å². The van der Waals surface area contributed by atoms with E-state index in [2.05, 4.69) is 11.1 Å². The number of hydrogen-bond donors (Lipinski definition) is 0. The van der Waals surface area contributed by atoms with Gasteiger partial charge in [0, 0.05) is 17.2 Å². The van der Waals surface area contributed by atoms with Gasteiger partial charge < -0.3 is 4.42 Å². The highest BCUT2D eigenvalue weighted by Gasteiger charge is 2.06. The molecule has 0 saturated carbocycles. The van der Waals surface area contributed by atoms with Gasteiger partial charge in [0.1, 0.15) is 16.8 Å². The van der Waals surface area contributed by atoms with E-state index in [1.807, 2.05) is 12.3 Å². The second-order valence-electron chi connectivity index (χ2n) is 2.98. The van der Waals surface area contributed by atoms with E-state index >= 15 is 0 Å². The summed E-state index contributed by atoms with van der Waals surface area (Å²) in [7, 11) is 0. The quantitative estimate of drug-likeness (QED) is 0.725. The fourth-order valence-electron chi connectivity index (χ4n) is 1.14. The first kappa shape index (κ1) is 9.69. The van der Waals surface area contributed by atoms with Crippen LogP contribution in [0.25, 0.3) is 11.6 Å². The minimum atomic E-state index is 0.531. The molecule has 3 nitrogen and oxygen atoms in total. The fourth-order valence-corrected chi connectivity index (χ4v) is 1.90. The Bertz CT molecular complexity index is 517. The van der Waals surface area contributed by atoms with Crippen LogP contribution in [0.5, 0.6) is 0 Å². The number of aromatic nitrogens is 1. The molecular weight excluding hydrogens is 208 g/mol. The maximum atomic E-state index is 8.99. The molecule has 0 aliphatic heterocycles. The highest BCUT2D eigenvalue weighted by molar-refractivity contribution is 7.11. The minimum absolute atomic E-state index is 0.531. The van der Waals surface area contributed by atoms with Gasteiger partial charge in [-0.15, -0.1) is 11.3 Å². The normalized spacial score (nSPS) is 11.3. The number of hydrogen-bond acceptors (Lipinski definition) is 4. The SMILES string of the molecule is Cc1csc(C(C#N)=Cc2ccco2)n1. The van der Waals surface area contributed by atoms with Crippen molar-refractivity contribution in [2.75, 3.05) is 0 Å². The molecular formula is C11H8N2OS. The van der Waals surface area contributed by atoms with E-state index in [1.54, 1.807) is 24.5 Å². The van der Waals surface area contributed by atoms with Crippen molar-refractivity contribution in [3.05, 3.63) is 40.2 Å². The van der Waals surface area contributed by atoms with Gasteiger partial charge in [-0.05, 0) is 19.1 Å².